The van der Waals surface area contributed by atoms with E-state index >= 15 is 0 Å². The Hall–Kier alpha value is -2.14. The first-order valence-electron chi connectivity index (χ1n) is 8.14. The molecule has 3 rings (SSSR count). The van der Waals surface area contributed by atoms with Gasteiger partial charge < -0.3 is 4.57 Å². The van der Waals surface area contributed by atoms with Crippen molar-refractivity contribution < 1.29 is 8.42 Å². The number of imidazole rings is 1. The molecule has 24 heavy (non-hydrogen) atoms. The summed E-state index contributed by atoms with van der Waals surface area (Å²) < 4.78 is 27.3. The van der Waals surface area contributed by atoms with E-state index < -0.39 is 9.84 Å². The molecule has 0 radical (unpaired) electrons. The van der Waals surface area contributed by atoms with Crippen LogP contribution in [-0.2, 0) is 29.1 Å². The van der Waals surface area contributed by atoms with Crippen LogP contribution in [0.2, 0.25) is 0 Å². The summed E-state index contributed by atoms with van der Waals surface area (Å²) in [6.45, 7) is 4.05. The fourth-order valence-corrected chi connectivity index (χ4v) is 4.25. The summed E-state index contributed by atoms with van der Waals surface area (Å²) in [6, 6.07) is 12.9. The van der Waals surface area contributed by atoms with Crippen molar-refractivity contribution in [1.82, 2.24) is 9.55 Å². The topological polar surface area (TPSA) is 52.0 Å². The summed E-state index contributed by atoms with van der Waals surface area (Å²) >= 11 is 0. The Morgan fingerprint density at radius 1 is 1.04 bits per heavy atom. The lowest BCUT2D eigenvalue weighted by molar-refractivity contribution is 0.595. The minimum absolute atomic E-state index is 0.00825. The Bertz CT molecular complexity index is 971. The number of hydrogen-bond acceptors (Lipinski definition) is 3. The van der Waals surface area contributed by atoms with Crippen LogP contribution in [0.15, 0.2) is 47.4 Å². The van der Waals surface area contributed by atoms with E-state index in [1.165, 1.54) is 5.56 Å². The van der Waals surface area contributed by atoms with Crippen molar-refractivity contribution in [3.05, 3.63) is 59.4 Å². The first-order chi connectivity index (χ1) is 11.4. The number of fused-ring (bicyclic) bond motifs is 1. The lowest BCUT2D eigenvalue weighted by Crippen LogP contribution is -2.05. The summed E-state index contributed by atoms with van der Waals surface area (Å²) in [7, 11) is -1.39. The highest BCUT2D eigenvalue weighted by Gasteiger charge is 2.16. The van der Waals surface area contributed by atoms with Crippen LogP contribution in [0, 0.1) is 6.92 Å². The lowest BCUT2D eigenvalue weighted by Gasteiger charge is -2.06. The SMILES string of the molecule is CCCc1ccc(S(=O)(=O)Cc2ccc3c(c2)nc(C)n3C)cc1. The maximum absolute atomic E-state index is 12.7. The zero-order chi connectivity index (χ0) is 17.3. The van der Waals surface area contributed by atoms with E-state index in [0.717, 1.165) is 35.3 Å². The second-order valence-corrected chi connectivity index (χ2v) is 8.18. The monoisotopic (exact) mass is 342 g/mol. The molecule has 3 aromatic rings. The number of hydrogen-bond donors (Lipinski definition) is 0. The molecule has 126 valence electrons. The van der Waals surface area contributed by atoms with Crippen molar-refractivity contribution in [1.29, 1.82) is 0 Å². The summed E-state index contributed by atoms with van der Waals surface area (Å²) in [5.74, 6) is 0.905. The van der Waals surface area contributed by atoms with Crippen molar-refractivity contribution in [3.63, 3.8) is 0 Å². The average molecular weight is 342 g/mol. The number of benzene rings is 2. The first kappa shape index (κ1) is 16.7. The van der Waals surface area contributed by atoms with Gasteiger partial charge in [0.1, 0.15) is 5.82 Å². The summed E-state index contributed by atoms with van der Waals surface area (Å²) in [4.78, 5) is 4.85. The molecule has 2 aromatic carbocycles. The van der Waals surface area contributed by atoms with Crippen LogP contribution in [0.4, 0.5) is 0 Å². The second-order valence-electron chi connectivity index (χ2n) is 6.19. The molecule has 0 saturated carbocycles. The molecule has 1 aromatic heterocycles. The third-order valence-corrected chi connectivity index (χ3v) is 6.05. The van der Waals surface area contributed by atoms with Gasteiger partial charge in [-0.25, -0.2) is 13.4 Å². The van der Waals surface area contributed by atoms with Gasteiger partial charge in [0.15, 0.2) is 9.84 Å². The van der Waals surface area contributed by atoms with E-state index in [-0.39, 0.29) is 5.75 Å². The number of rotatable bonds is 5. The normalized spacial score (nSPS) is 12.0. The highest BCUT2D eigenvalue weighted by atomic mass is 32.2. The standard InChI is InChI=1S/C19H22N2O2S/c1-4-5-15-6-9-17(10-7-15)24(22,23)13-16-8-11-19-18(12-16)20-14(2)21(19)3/h6-12H,4-5,13H2,1-3H3. The Kier molecular flexibility index (Phi) is 4.45. The first-order valence-corrected chi connectivity index (χ1v) is 9.79. The van der Waals surface area contributed by atoms with Crippen molar-refractivity contribution in [2.45, 2.75) is 37.3 Å². The molecule has 5 heteroatoms. The Labute approximate surface area is 143 Å². The molecule has 0 unspecified atom stereocenters. The summed E-state index contributed by atoms with van der Waals surface area (Å²) in [5.41, 5.74) is 3.78. The number of aryl methyl sites for hydroxylation is 3. The van der Waals surface area contributed by atoms with Gasteiger partial charge in [-0.2, -0.15) is 0 Å². The van der Waals surface area contributed by atoms with Crippen LogP contribution in [0.25, 0.3) is 11.0 Å². The highest BCUT2D eigenvalue weighted by molar-refractivity contribution is 7.90. The predicted octanol–water partition coefficient (Wildman–Crippen LogP) is 3.81. The fraction of sp³-hybridized carbons (Fsp3) is 0.316. The zero-order valence-electron chi connectivity index (χ0n) is 14.3. The molecule has 0 N–H and O–H groups in total. The Balaban J connectivity index is 1.88. The van der Waals surface area contributed by atoms with Crippen LogP contribution < -0.4 is 0 Å². The maximum Gasteiger partial charge on any atom is 0.182 e. The van der Waals surface area contributed by atoms with Gasteiger partial charge in [0, 0.05) is 7.05 Å². The maximum atomic E-state index is 12.7. The minimum Gasteiger partial charge on any atom is -0.331 e. The number of sulfone groups is 1. The van der Waals surface area contributed by atoms with Crippen molar-refractivity contribution in [2.24, 2.45) is 7.05 Å². The van der Waals surface area contributed by atoms with E-state index in [1.54, 1.807) is 12.1 Å². The molecule has 0 spiro atoms. The molecule has 0 bridgehead atoms. The van der Waals surface area contributed by atoms with Crippen molar-refractivity contribution >= 4 is 20.9 Å². The van der Waals surface area contributed by atoms with E-state index in [1.807, 2.05) is 48.9 Å². The zero-order valence-corrected chi connectivity index (χ0v) is 15.1. The summed E-state index contributed by atoms with van der Waals surface area (Å²) in [5, 5.41) is 0. The van der Waals surface area contributed by atoms with E-state index in [2.05, 4.69) is 11.9 Å². The van der Waals surface area contributed by atoms with Gasteiger partial charge in [0.25, 0.3) is 0 Å². The van der Waals surface area contributed by atoms with Gasteiger partial charge >= 0.3 is 0 Å². The molecule has 0 aliphatic rings. The van der Waals surface area contributed by atoms with Gasteiger partial charge in [0.05, 0.1) is 21.7 Å². The molecule has 0 saturated heterocycles. The van der Waals surface area contributed by atoms with Gasteiger partial charge in [-0.1, -0.05) is 31.5 Å². The van der Waals surface area contributed by atoms with Gasteiger partial charge in [-0.3, -0.25) is 0 Å². The molecule has 4 nitrogen and oxygen atoms in total. The Morgan fingerprint density at radius 2 is 1.71 bits per heavy atom. The second kappa shape index (κ2) is 6.40. The van der Waals surface area contributed by atoms with Crippen molar-refractivity contribution in [3.8, 4) is 0 Å². The lowest BCUT2D eigenvalue weighted by atomic mass is 10.1. The number of aromatic nitrogens is 2. The molecular weight excluding hydrogens is 320 g/mol. The van der Waals surface area contributed by atoms with Crippen LogP contribution in [0.5, 0.6) is 0 Å². The predicted molar refractivity (Wildman–Crippen MR) is 96.8 cm³/mol. The Morgan fingerprint density at radius 3 is 2.38 bits per heavy atom. The number of nitrogens with zero attached hydrogens (tertiary/aromatic N) is 2. The van der Waals surface area contributed by atoms with E-state index in [0.29, 0.717) is 4.90 Å². The van der Waals surface area contributed by atoms with Gasteiger partial charge in [0.2, 0.25) is 0 Å². The molecule has 0 aliphatic carbocycles. The molecule has 0 fully saturated rings. The molecule has 0 amide bonds. The third kappa shape index (κ3) is 3.22. The van der Waals surface area contributed by atoms with Gasteiger partial charge in [-0.15, -0.1) is 0 Å². The quantitative estimate of drug-likeness (QED) is 0.708. The van der Waals surface area contributed by atoms with Crippen LogP contribution in [0.3, 0.4) is 0 Å². The minimum atomic E-state index is -3.35. The molecular formula is C19H22N2O2S. The largest absolute Gasteiger partial charge is 0.331 e. The molecule has 1 heterocycles. The highest BCUT2D eigenvalue weighted by Crippen LogP contribution is 2.21. The van der Waals surface area contributed by atoms with Gasteiger partial charge in [-0.05, 0) is 48.7 Å². The summed E-state index contributed by atoms with van der Waals surface area (Å²) in [6.07, 6.45) is 2.02. The van der Waals surface area contributed by atoms with Crippen molar-refractivity contribution in [2.75, 3.05) is 0 Å². The smallest absolute Gasteiger partial charge is 0.182 e. The fourth-order valence-electron chi connectivity index (χ4n) is 2.91. The van der Waals surface area contributed by atoms with E-state index in [9.17, 15) is 8.42 Å². The third-order valence-electron chi connectivity index (χ3n) is 4.35. The molecule has 0 aliphatic heterocycles. The van der Waals surface area contributed by atoms with Crippen LogP contribution in [-0.4, -0.2) is 18.0 Å². The van der Waals surface area contributed by atoms with Crippen LogP contribution >= 0.6 is 0 Å². The average Bonchev–Trinajstić information content (AvgIpc) is 2.82. The molecule has 0 atom stereocenters. The van der Waals surface area contributed by atoms with Crippen LogP contribution in [0.1, 0.15) is 30.3 Å². The van der Waals surface area contributed by atoms with E-state index in [4.69, 9.17) is 0 Å².